The van der Waals surface area contributed by atoms with Gasteiger partial charge in [-0.25, -0.2) is 4.98 Å². The minimum Gasteiger partial charge on any atom is -0.481 e. The lowest BCUT2D eigenvalue weighted by Gasteiger charge is -2.20. The van der Waals surface area contributed by atoms with Crippen LogP contribution in [0.1, 0.15) is 19.8 Å². The number of carbonyl (C=O) groups is 1. The van der Waals surface area contributed by atoms with Crippen LogP contribution in [0, 0.1) is 0 Å². The first-order valence-corrected chi connectivity index (χ1v) is 6.94. The van der Waals surface area contributed by atoms with Crippen LogP contribution in [0.4, 0.5) is 5.95 Å². The fourth-order valence-electron chi connectivity index (χ4n) is 1.75. The Bertz CT molecular complexity index is 464. The number of hydrogen-bond acceptors (Lipinski definition) is 5. The second-order valence-electron chi connectivity index (χ2n) is 4.19. The number of thioether (sulfide) groups is 1. The van der Waals surface area contributed by atoms with Gasteiger partial charge in [0.05, 0.1) is 11.9 Å². The summed E-state index contributed by atoms with van der Waals surface area (Å²) in [5, 5.41) is 2.93. The SMILES string of the molecule is COc1cc(Cl)nc(NC(=O)C2(C)CCCS2)n1. The molecule has 0 spiro atoms. The van der Waals surface area contributed by atoms with Crippen molar-refractivity contribution in [3.05, 3.63) is 11.2 Å². The molecule has 1 fully saturated rings. The first-order valence-electron chi connectivity index (χ1n) is 5.57. The van der Waals surface area contributed by atoms with Crippen LogP contribution in [-0.4, -0.2) is 33.5 Å². The van der Waals surface area contributed by atoms with E-state index in [0.717, 1.165) is 18.6 Å². The zero-order valence-corrected chi connectivity index (χ0v) is 11.8. The predicted molar refractivity (Wildman–Crippen MR) is 72.3 cm³/mol. The van der Waals surface area contributed by atoms with E-state index >= 15 is 0 Å². The first-order chi connectivity index (χ1) is 8.53. The predicted octanol–water partition coefficient (Wildman–Crippen LogP) is 2.36. The lowest BCUT2D eigenvalue weighted by atomic mass is 10.1. The van der Waals surface area contributed by atoms with E-state index in [2.05, 4.69) is 15.3 Å². The van der Waals surface area contributed by atoms with Gasteiger partial charge in [-0.1, -0.05) is 11.6 Å². The Balaban J connectivity index is 2.13. The molecular weight excluding hydrogens is 274 g/mol. The molecule has 18 heavy (non-hydrogen) atoms. The van der Waals surface area contributed by atoms with Gasteiger partial charge in [0.2, 0.25) is 17.7 Å². The third kappa shape index (κ3) is 2.87. The average Bonchev–Trinajstić information content (AvgIpc) is 2.76. The maximum atomic E-state index is 12.2. The van der Waals surface area contributed by atoms with E-state index in [4.69, 9.17) is 16.3 Å². The van der Waals surface area contributed by atoms with Crippen molar-refractivity contribution < 1.29 is 9.53 Å². The standard InChI is InChI=1S/C11H14ClN3O2S/c1-11(4-3-5-18-11)9(16)15-10-13-7(12)6-8(14-10)17-2/h6H,3-5H2,1-2H3,(H,13,14,15,16). The number of methoxy groups -OCH3 is 1. The molecule has 98 valence electrons. The highest BCUT2D eigenvalue weighted by atomic mass is 35.5. The summed E-state index contributed by atoms with van der Waals surface area (Å²) >= 11 is 7.47. The molecule has 0 aliphatic carbocycles. The van der Waals surface area contributed by atoms with Crippen molar-refractivity contribution in [2.75, 3.05) is 18.2 Å². The Kier molecular flexibility index (Phi) is 3.97. The zero-order chi connectivity index (χ0) is 13.2. The summed E-state index contributed by atoms with van der Waals surface area (Å²) in [6.07, 6.45) is 1.91. The molecule has 1 aliphatic rings. The minimum atomic E-state index is -0.404. The Hall–Kier alpha value is -1.01. The fourth-order valence-corrected chi connectivity index (χ4v) is 3.13. The zero-order valence-electron chi connectivity index (χ0n) is 10.2. The molecule has 1 amide bonds. The van der Waals surface area contributed by atoms with Gasteiger partial charge in [0.15, 0.2) is 0 Å². The van der Waals surface area contributed by atoms with Crippen LogP contribution >= 0.6 is 23.4 Å². The minimum absolute atomic E-state index is 0.0886. The van der Waals surface area contributed by atoms with Gasteiger partial charge in [0.25, 0.3) is 0 Å². The lowest BCUT2D eigenvalue weighted by molar-refractivity contribution is -0.118. The highest BCUT2D eigenvalue weighted by molar-refractivity contribution is 8.01. The van der Waals surface area contributed by atoms with Gasteiger partial charge in [0.1, 0.15) is 5.15 Å². The second kappa shape index (κ2) is 5.32. The van der Waals surface area contributed by atoms with Gasteiger partial charge in [-0.05, 0) is 25.5 Å². The van der Waals surface area contributed by atoms with E-state index < -0.39 is 4.75 Å². The Morgan fingerprint density at radius 2 is 2.39 bits per heavy atom. The molecule has 1 unspecified atom stereocenters. The topological polar surface area (TPSA) is 64.1 Å². The summed E-state index contributed by atoms with van der Waals surface area (Å²) < 4.78 is 4.57. The van der Waals surface area contributed by atoms with E-state index in [1.807, 2.05) is 6.92 Å². The molecule has 2 rings (SSSR count). The summed E-state index contributed by atoms with van der Waals surface area (Å²) in [6.45, 7) is 1.93. The number of ether oxygens (including phenoxy) is 1. The summed E-state index contributed by atoms with van der Waals surface area (Å²) in [4.78, 5) is 20.1. The van der Waals surface area contributed by atoms with Crippen LogP contribution in [0.25, 0.3) is 0 Å². The third-order valence-electron chi connectivity index (χ3n) is 2.80. The van der Waals surface area contributed by atoms with Gasteiger partial charge < -0.3 is 4.74 Å². The number of rotatable bonds is 3. The maximum Gasteiger partial charge on any atom is 0.242 e. The molecular formula is C11H14ClN3O2S. The van der Waals surface area contributed by atoms with E-state index in [1.54, 1.807) is 11.8 Å². The van der Waals surface area contributed by atoms with Crippen molar-refractivity contribution in [2.45, 2.75) is 24.5 Å². The van der Waals surface area contributed by atoms with Crippen molar-refractivity contribution in [2.24, 2.45) is 0 Å². The smallest absolute Gasteiger partial charge is 0.242 e. The summed E-state index contributed by atoms with van der Waals surface area (Å²) in [7, 11) is 1.48. The number of halogens is 1. The molecule has 1 N–H and O–H groups in total. The van der Waals surface area contributed by atoms with E-state index in [9.17, 15) is 4.79 Å². The van der Waals surface area contributed by atoms with Gasteiger partial charge >= 0.3 is 0 Å². The Morgan fingerprint density at radius 3 is 3.00 bits per heavy atom. The molecule has 7 heteroatoms. The van der Waals surface area contributed by atoms with Gasteiger partial charge in [-0.2, -0.15) is 4.98 Å². The normalized spacial score (nSPS) is 22.8. The number of amides is 1. The molecule has 1 aromatic rings. The van der Waals surface area contributed by atoms with Crippen LogP contribution in [0.5, 0.6) is 5.88 Å². The van der Waals surface area contributed by atoms with E-state index in [-0.39, 0.29) is 17.0 Å². The van der Waals surface area contributed by atoms with Crippen molar-refractivity contribution in [1.82, 2.24) is 9.97 Å². The average molecular weight is 288 g/mol. The number of nitrogens with one attached hydrogen (secondary N) is 1. The highest BCUT2D eigenvalue weighted by Crippen LogP contribution is 2.38. The number of carbonyl (C=O) groups excluding carboxylic acids is 1. The van der Waals surface area contributed by atoms with Crippen molar-refractivity contribution in [3.63, 3.8) is 0 Å². The van der Waals surface area contributed by atoms with Crippen LogP contribution < -0.4 is 10.1 Å². The molecule has 1 aromatic heterocycles. The molecule has 1 saturated heterocycles. The number of anilines is 1. The molecule has 2 heterocycles. The highest BCUT2D eigenvalue weighted by Gasteiger charge is 2.37. The molecule has 0 radical (unpaired) electrons. The van der Waals surface area contributed by atoms with Crippen LogP contribution in [0.2, 0.25) is 5.15 Å². The fraction of sp³-hybridized carbons (Fsp3) is 0.545. The second-order valence-corrected chi connectivity index (χ2v) is 6.18. The first kappa shape index (κ1) is 13.4. The number of aromatic nitrogens is 2. The molecule has 1 atom stereocenters. The molecule has 0 aromatic carbocycles. The van der Waals surface area contributed by atoms with Crippen LogP contribution in [0.15, 0.2) is 6.07 Å². The quantitative estimate of drug-likeness (QED) is 0.865. The Morgan fingerprint density at radius 1 is 1.61 bits per heavy atom. The summed E-state index contributed by atoms with van der Waals surface area (Å²) in [5.74, 6) is 1.42. The van der Waals surface area contributed by atoms with Crippen LogP contribution in [0.3, 0.4) is 0 Å². The van der Waals surface area contributed by atoms with Gasteiger partial charge in [0, 0.05) is 6.07 Å². The summed E-state index contributed by atoms with van der Waals surface area (Å²) in [6, 6.07) is 1.49. The number of nitrogens with zero attached hydrogens (tertiary/aromatic N) is 2. The summed E-state index contributed by atoms with van der Waals surface area (Å²) in [5.41, 5.74) is 0. The molecule has 1 aliphatic heterocycles. The molecule has 5 nitrogen and oxygen atoms in total. The lowest BCUT2D eigenvalue weighted by Crippen LogP contribution is -2.35. The Labute approximate surface area is 115 Å². The van der Waals surface area contributed by atoms with Crippen molar-refractivity contribution in [3.8, 4) is 5.88 Å². The largest absolute Gasteiger partial charge is 0.481 e. The number of hydrogen-bond donors (Lipinski definition) is 1. The molecule has 0 bridgehead atoms. The van der Waals surface area contributed by atoms with E-state index in [1.165, 1.54) is 13.2 Å². The maximum absolute atomic E-state index is 12.2. The van der Waals surface area contributed by atoms with Crippen molar-refractivity contribution in [1.29, 1.82) is 0 Å². The van der Waals surface area contributed by atoms with Crippen molar-refractivity contribution >= 4 is 35.2 Å². The van der Waals surface area contributed by atoms with E-state index in [0.29, 0.717) is 5.88 Å². The van der Waals surface area contributed by atoms with Gasteiger partial charge in [-0.15, -0.1) is 11.8 Å². The molecule has 0 saturated carbocycles. The van der Waals surface area contributed by atoms with Crippen LogP contribution in [-0.2, 0) is 4.79 Å². The monoisotopic (exact) mass is 287 g/mol. The van der Waals surface area contributed by atoms with Gasteiger partial charge in [-0.3, -0.25) is 10.1 Å². The third-order valence-corrected chi connectivity index (χ3v) is 4.52.